The first-order valence-corrected chi connectivity index (χ1v) is 9.62. The van der Waals surface area contributed by atoms with E-state index in [-0.39, 0.29) is 25.0 Å². The average molecular weight is 358 g/mol. The molecule has 3 atom stereocenters. The standard InChI is InChI=1S/C11H20BN6O5P/c1-5-2-21-24(12,20)22-3-6(19)10(23-5)18-9-7(17-11(18)14)8(13)15-4-16-9/h4-6,10,19-20,24H,2-3,12H2,1H3,(H2,14,17)(H2,13,15,16)/t5-,6-,10+/m0/s1. The van der Waals surface area contributed by atoms with Gasteiger partial charge in [0.1, 0.15) is 0 Å². The molecular weight excluding hydrogens is 338 g/mol. The fourth-order valence-corrected chi connectivity index (χ4v) is 3.54. The Bertz CT molecular complexity index is 745. The minimum absolute atomic E-state index is 0.0672. The quantitative estimate of drug-likeness (QED) is 0.342. The van der Waals surface area contributed by atoms with Crippen LogP contribution in [-0.4, -0.2) is 62.5 Å². The molecule has 0 bridgehead atoms. The van der Waals surface area contributed by atoms with Gasteiger partial charge in [-0.3, -0.25) is 0 Å². The molecular formula is C11H20BN6O5P. The van der Waals surface area contributed by atoms with Crippen LogP contribution in [-0.2, 0) is 13.8 Å². The van der Waals surface area contributed by atoms with Crippen molar-refractivity contribution < 1.29 is 23.8 Å². The number of anilines is 2. The van der Waals surface area contributed by atoms with Crippen LogP contribution in [0, 0.1) is 0 Å². The van der Waals surface area contributed by atoms with Gasteiger partial charge in [-0.2, -0.15) is 0 Å². The normalized spacial score (nSPS) is 29.5. The molecule has 1 fully saturated rings. The fourth-order valence-electron chi connectivity index (χ4n) is 2.43. The summed E-state index contributed by atoms with van der Waals surface area (Å²) in [7, 11) is -1.85. The van der Waals surface area contributed by atoms with E-state index in [4.69, 9.17) is 25.3 Å². The SMILES string of the molecule is B[PH]1(O)OC[C@H](C)O[C@@H](n2c(N)nc3c(N)ncnc32)[C@@H](O)CO1. The van der Waals surface area contributed by atoms with Crippen LogP contribution in [0.1, 0.15) is 13.2 Å². The van der Waals surface area contributed by atoms with Gasteiger partial charge in [-0.25, -0.2) is 0 Å². The first kappa shape index (κ1) is 17.3. The van der Waals surface area contributed by atoms with Crippen molar-refractivity contribution in [1.82, 2.24) is 19.5 Å². The van der Waals surface area contributed by atoms with Gasteiger partial charge >= 0.3 is 138 Å². The Hall–Kier alpha value is -1.56. The molecule has 0 aromatic carbocycles. The molecule has 1 aliphatic rings. The van der Waals surface area contributed by atoms with Crippen molar-refractivity contribution in [3.63, 3.8) is 0 Å². The van der Waals surface area contributed by atoms with E-state index in [2.05, 4.69) is 15.0 Å². The van der Waals surface area contributed by atoms with Crippen LogP contribution in [0.25, 0.3) is 11.2 Å². The number of hydrogen-bond donors (Lipinski definition) is 4. The van der Waals surface area contributed by atoms with Crippen LogP contribution in [0.3, 0.4) is 0 Å². The molecule has 0 aliphatic carbocycles. The Kier molecular flexibility index (Phi) is 4.60. The summed E-state index contributed by atoms with van der Waals surface area (Å²) in [5.41, 5.74) is 12.4. The van der Waals surface area contributed by atoms with E-state index in [0.717, 1.165) is 0 Å². The summed E-state index contributed by atoms with van der Waals surface area (Å²) in [6.07, 6.45) is -1.24. The molecule has 3 rings (SSSR count). The maximum atomic E-state index is 10.5. The monoisotopic (exact) mass is 358 g/mol. The van der Waals surface area contributed by atoms with E-state index in [1.54, 1.807) is 6.92 Å². The van der Waals surface area contributed by atoms with Crippen LogP contribution in [0.2, 0.25) is 0 Å². The summed E-state index contributed by atoms with van der Waals surface area (Å²) < 4.78 is 18.0. The van der Waals surface area contributed by atoms with Crippen molar-refractivity contribution in [3.8, 4) is 0 Å². The number of hydrogen-bond acceptors (Lipinski definition) is 10. The number of fused-ring (bicyclic) bond motifs is 1. The minimum atomic E-state index is -3.32. The Morgan fingerprint density at radius 2 is 2.04 bits per heavy atom. The molecule has 24 heavy (non-hydrogen) atoms. The molecule has 3 heterocycles. The Balaban J connectivity index is 2.03. The number of aromatic nitrogens is 4. The molecule has 6 N–H and O–H groups in total. The zero-order chi connectivity index (χ0) is 17.5. The second-order valence-corrected chi connectivity index (χ2v) is 8.07. The summed E-state index contributed by atoms with van der Waals surface area (Å²) in [4.78, 5) is 22.2. The number of rotatable bonds is 1. The van der Waals surface area contributed by atoms with E-state index in [1.165, 1.54) is 18.5 Å². The summed E-state index contributed by atoms with van der Waals surface area (Å²) >= 11 is 0. The summed E-state index contributed by atoms with van der Waals surface area (Å²) in [6.45, 7) is 1.65. The van der Waals surface area contributed by atoms with Crippen LogP contribution in [0.4, 0.5) is 11.8 Å². The van der Waals surface area contributed by atoms with E-state index >= 15 is 0 Å². The Morgan fingerprint density at radius 3 is 2.79 bits per heavy atom. The fraction of sp³-hybridized carbons (Fsp3) is 0.545. The molecule has 0 unspecified atom stereocenters. The molecule has 0 saturated carbocycles. The van der Waals surface area contributed by atoms with E-state index in [9.17, 15) is 10.00 Å². The summed E-state index contributed by atoms with van der Waals surface area (Å²) in [5, 5.41) is 10.5. The molecule has 2 aromatic heterocycles. The van der Waals surface area contributed by atoms with E-state index in [1.807, 2.05) is 0 Å². The summed E-state index contributed by atoms with van der Waals surface area (Å²) in [6, 6.07) is 0. The molecule has 1 saturated heterocycles. The first-order chi connectivity index (χ1) is 11.3. The number of imidazole rings is 1. The predicted octanol–water partition coefficient (Wildman–Crippen LogP) is -1.66. The summed E-state index contributed by atoms with van der Waals surface area (Å²) in [5.74, 6) is 0.239. The van der Waals surface area contributed by atoms with Gasteiger partial charge in [-0.05, 0) is 0 Å². The topological polar surface area (TPSA) is 164 Å². The first-order valence-electron chi connectivity index (χ1n) is 7.36. The van der Waals surface area contributed by atoms with Crippen molar-refractivity contribution in [3.05, 3.63) is 6.33 Å². The van der Waals surface area contributed by atoms with E-state index in [0.29, 0.717) is 11.2 Å². The van der Waals surface area contributed by atoms with E-state index < -0.39 is 26.3 Å². The van der Waals surface area contributed by atoms with Gasteiger partial charge in [0.25, 0.3) is 0 Å². The molecule has 0 amide bonds. The molecule has 132 valence electrons. The predicted molar refractivity (Wildman–Crippen MR) is 90.7 cm³/mol. The molecule has 0 spiro atoms. The Labute approximate surface area is 138 Å². The molecule has 13 heteroatoms. The van der Waals surface area contributed by atoms with Gasteiger partial charge in [0.2, 0.25) is 0 Å². The molecule has 0 radical (unpaired) electrons. The maximum absolute atomic E-state index is 10.5. The molecule has 1 aliphatic heterocycles. The number of nitrogens with zero attached hydrogens (tertiary/aromatic N) is 4. The molecule has 2 aromatic rings. The average Bonchev–Trinajstić information content (AvgIpc) is 2.87. The Morgan fingerprint density at radius 1 is 1.33 bits per heavy atom. The van der Waals surface area contributed by atoms with Crippen LogP contribution in [0.5, 0.6) is 0 Å². The van der Waals surface area contributed by atoms with Gasteiger partial charge < -0.3 is 0 Å². The third-order valence-electron chi connectivity index (χ3n) is 3.60. The van der Waals surface area contributed by atoms with Crippen molar-refractivity contribution in [2.75, 3.05) is 24.7 Å². The number of nitrogen functional groups attached to an aromatic ring is 2. The second kappa shape index (κ2) is 6.39. The van der Waals surface area contributed by atoms with Crippen molar-refractivity contribution >= 4 is 38.3 Å². The van der Waals surface area contributed by atoms with Gasteiger partial charge in [-0.1, -0.05) is 0 Å². The number of aliphatic hydroxyl groups is 1. The van der Waals surface area contributed by atoms with Gasteiger partial charge in [0.15, 0.2) is 0 Å². The third-order valence-corrected chi connectivity index (χ3v) is 5.00. The van der Waals surface area contributed by atoms with Crippen molar-refractivity contribution in [2.45, 2.75) is 25.4 Å². The molecule has 11 nitrogen and oxygen atoms in total. The number of aliphatic hydroxyl groups excluding tert-OH is 1. The van der Waals surface area contributed by atoms with Crippen molar-refractivity contribution in [1.29, 1.82) is 0 Å². The number of ether oxygens (including phenoxy) is 1. The van der Waals surface area contributed by atoms with Crippen LogP contribution >= 0.6 is 7.82 Å². The van der Waals surface area contributed by atoms with Crippen LogP contribution < -0.4 is 11.5 Å². The van der Waals surface area contributed by atoms with Gasteiger partial charge in [0.05, 0.1) is 0 Å². The van der Waals surface area contributed by atoms with Gasteiger partial charge in [0, 0.05) is 0 Å². The zero-order valence-corrected chi connectivity index (χ0v) is 14.3. The number of nitrogens with two attached hydrogens (primary N) is 2. The van der Waals surface area contributed by atoms with Gasteiger partial charge in [-0.15, -0.1) is 0 Å². The van der Waals surface area contributed by atoms with Crippen LogP contribution in [0.15, 0.2) is 6.33 Å². The second-order valence-electron chi connectivity index (χ2n) is 5.70. The third kappa shape index (κ3) is 3.29. The van der Waals surface area contributed by atoms with Crippen molar-refractivity contribution in [2.24, 2.45) is 0 Å². The zero-order valence-electron chi connectivity index (χ0n) is 13.3.